The van der Waals surface area contributed by atoms with Crippen LogP contribution >= 0.6 is 23.2 Å². The van der Waals surface area contributed by atoms with Crippen LogP contribution in [-0.2, 0) is 0 Å². The number of carbonyl (C=O) groups excluding carboxylic acids is 1. The summed E-state index contributed by atoms with van der Waals surface area (Å²) in [5, 5.41) is 13.5. The summed E-state index contributed by atoms with van der Waals surface area (Å²) in [7, 11) is 0. The summed E-state index contributed by atoms with van der Waals surface area (Å²) in [6.45, 7) is 0. The van der Waals surface area contributed by atoms with Crippen molar-refractivity contribution in [2.24, 2.45) is 0 Å². The largest absolute Gasteiger partial charge is 0.387 e. The molecule has 2 aromatic rings. The maximum Gasteiger partial charge on any atom is 0.273 e. The molecule has 0 radical (unpaired) electrons. The third kappa shape index (κ3) is 4.20. The summed E-state index contributed by atoms with van der Waals surface area (Å²) in [5.41, 5.74) is -1.44. The zero-order chi connectivity index (χ0) is 19.6. The van der Waals surface area contributed by atoms with Crippen molar-refractivity contribution in [3.63, 3.8) is 0 Å². The molecule has 1 atom stereocenters. The van der Waals surface area contributed by atoms with Crippen molar-refractivity contribution < 1.29 is 18.7 Å². The SMILES string of the molecule is O=C(NC(c1cccc(F)c1Cl)C1(O)CCC(F)CC1)c1nccnc1Cl. The molecule has 3 rings (SSSR count). The molecule has 1 aliphatic carbocycles. The standard InChI is InChI=1S/C18H17Cl2F2N3O2/c19-13-11(2-1-3-12(13)22)15(18(27)6-4-10(21)5-7-18)25-17(26)14-16(20)24-9-8-23-14/h1-3,8-10,15,27H,4-7H2,(H,25,26). The fourth-order valence-corrected chi connectivity index (χ4v) is 3.71. The first-order valence-electron chi connectivity index (χ1n) is 8.39. The minimum Gasteiger partial charge on any atom is -0.387 e. The highest BCUT2D eigenvalue weighted by atomic mass is 35.5. The summed E-state index contributed by atoms with van der Waals surface area (Å²) in [6.07, 6.45) is 2.02. The van der Waals surface area contributed by atoms with Gasteiger partial charge in [-0.2, -0.15) is 0 Å². The van der Waals surface area contributed by atoms with Crippen LogP contribution in [0.15, 0.2) is 30.6 Å². The highest BCUT2D eigenvalue weighted by Gasteiger charge is 2.43. The van der Waals surface area contributed by atoms with E-state index in [-0.39, 0.29) is 47.1 Å². The second kappa shape index (κ2) is 8.04. The minimum absolute atomic E-state index is 0.0835. The number of rotatable bonds is 4. The van der Waals surface area contributed by atoms with E-state index in [1.54, 1.807) is 0 Å². The van der Waals surface area contributed by atoms with Crippen LogP contribution in [0.25, 0.3) is 0 Å². The molecule has 9 heteroatoms. The molecule has 144 valence electrons. The quantitative estimate of drug-likeness (QED) is 0.789. The van der Waals surface area contributed by atoms with Crippen molar-refractivity contribution in [2.45, 2.75) is 43.5 Å². The second-order valence-electron chi connectivity index (χ2n) is 6.52. The molecule has 1 aromatic heterocycles. The fraction of sp³-hybridized carbons (Fsp3) is 0.389. The molecule has 1 saturated carbocycles. The molecule has 1 unspecified atom stereocenters. The molecule has 1 heterocycles. The normalized spacial score (nSPS) is 23.7. The first kappa shape index (κ1) is 19.9. The predicted molar refractivity (Wildman–Crippen MR) is 97.0 cm³/mol. The molecular weight excluding hydrogens is 399 g/mol. The number of nitrogens with one attached hydrogen (secondary N) is 1. The predicted octanol–water partition coefficient (Wildman–Crippen LogP) is 4.04. The average Bonchev–Trinajstić information content (AvgIpc) is 2.65. The van der Waals surface area contributed by atoms with Crippen molar-refractivity contribution in [1.29, 1.82) is 0 Å². The Kier molecular flexibility index (Phi) is 5.93. The van der Waals surface area contributed by atoms with Gasteiger partial charge in [-0.05, 0) is 37.3 Å². The third-order valence-electron chi connectivity index (χ3n) is 4.75. The van der Waals surface area contributed by atoms with E-state index in [1.165, 1.54) is 30.6 Å². The van der Waals surface area contributed by atoms with E-state index in [9.17, 15) is 18.7 Å². The van der Waals surface area contributed by atoms with Crippen molar-refractivity contribution in [2.75, 3.05) is 0 Å². The van der Waals surface area contributed by atoms with E-state index in [1.807, 2.05) is 0 Å². The number of nitrogens with zero attached hydrogens (tertiary/aromatic N) is 2. The van der Waals surface area contributed by atoms with Crippen molar-refractivity contribution in [1.82, 2.24) is 15.3 Å². The van der Waals surface area contributed by atoms with Gasteiger partial charge in [-0.15, -0.1) is 0 Å². The topological polar surface area (TPSA) is 75.1 Å². The Morgan fingerprint density at radius 2 is 1.93 bits per heavy atom. The molecule has 1 fully saturated rings. The maximum atomic E-state index is 14.0. The van der Waals surface area contributed by atoms with Crippen LogP contribution in [-0.4, -0.2) is 32.8 Å². The van der Waals surface area contributed by atoms with Crippen LogP contribution in [0, 0.1) is 5.82 Å². The van der Waals surface area contributed by atoms with Gasteiger partial charge in [-0.3, -0.25) is 4.79 Å². The van der Waals surface area contributed by atoms with Crippen molar-refractivity contribution >= 4 is 29.1 Å². The smallest absolute Gasteiger partial charge is 0.273 e. The number of aliphatic hydroxyl groups is 1. The summed E-state index contributed by atoms with van der Waals surface area (Å²) in [6, 6.07) is 3.04. The van der Waals surface area contributed by atoms with Gasteiger partial charge in [0.15, 0.2) is 10.8 Å². The van der Waals surface area contributed by atoms with Gasteiger partial charge >= 0.3 is 0 Å². The Bertz CT molecular complexity index is 845. The van der Waals surface area contributed by atoms with Crippen LogP contribution in [0.3, 0.4) is 0 Å². The fourth-order valence-electron chi connectivity index (χ4n) is 3.29. The van der Waals surface area contributed by atoms with Gasteiger partial charge in [0.25, 0.3) is 5.91 Å². The number of benzene rings is 1. The molecule has 1 aliphatic rings. The molecular formula is C18H17Cl2F2N3O2. The summed E-state index contributed by atoms with van der Waals surface area (Å²) in [5.74, 6) is -1.39. The lowest BCUT2D eigenvalue weighted by molar-refractivity contribution is -0.0446. The Morgan fingerprint density at radius 3 is 2.59 bits per heavy atom. The van der Waals surface area contributed by atoms with E-state index in [4.69, 9.17) is 23.2 Å². The molecule has 1 aromatic carbocycles. The number of amides is 1. The third-order valence-corrected chi connectivity index (χ3v) is 5.43. The van der Waals surface area contributed by atoms with Crippen molar-refractivity contribution in [3.05, 3.63) is 57.8 Å². The van der Waals surface area contributed by atoms with E-state index in [0.717, 1.165) is 0 Å². The van der Waals surface area contributed by atoms with Gasteiger partial charge in [0.05, 0.1) is 16.7 Å². The lowest BCUT2D eigenvalue weighted by Gasteiger charge is -2.40. The molecule has 27 heavy (non-hydrogen) atoms. The molecule has 0 aliphatic heterocycles. The first-order chi connectivity index (χ1) is 12.8. The number of alkyl halides is 1. The molecule has 0 spiro atoms. The average molecular weight is 416 g/mol. The molecule has 5 nitrogen and oxygen atoms in total. The lowest BCUT2D eigenvalue weighted by Crippen LogP contribution is -2.49. The molecule has 0 saturated heterocycles. The van der Waals surface area contributed by atoms with Gasteiger partial charge in [0, 0.05) is 12.4 Å². The molecule has 1 amide bonds. The number of hydrogen-bond acceptors (Lipinski definition) is 4. The minimum atomic E-state index is -1.50. The maximum absolute atomic E-state index is 14.0. The Labute approximate surface area is 164 Å². The number of carbonyl (C=O) groups is 1. The van der Waals surface area contributed by atoms with Gasteiger partial charge < -0.3 is 10.4 Å². The van der Waals surface area contributed by atoms with Crippen LogP contribution < -0.4 is 5.32 Å². The Morgan fingerprint density at radius 1 is 1.26 bits per heavy atom. The Balaban J connectivity index is 1.99. The molecule has 2 N–H and O–H groups in total. The van der Waals surface area contributed by atoms with E-state index in [0.29, 0.717) is 0 Å². The van der Waals surface area contributed by atoms with Gasteiger partial charge in [-0.1, -0.05) is 35.3 Å². The van der Waals surface area contributed by atoms with Crippen LogP contribution in [0.2, 0.25) is 10.2 Å². The highest BCUT2D eigenvalue weighted by Crippen LogP contribution is 2.42. The zero-order valence-electron chi connectivity index (χ0n) is 14.1. The zero-order valence-corrected chi connectivity index (χ0v) is 15.6. The number of halogens is 4. The Hall–Kier alpha value is -1.83. The molecule has 0 bridgehead atoms. The summed E-state index contributed by atoms with van der Waals surface area (Å²) in [4.78, 5) is 20.4. The number of hydrogen-bond donors (Lipinski definition) is 2. The summed E-state index contributed by atoms with van der Waals surface area (Å²) < 4.78 is 27.6. The van der Waals surface area contributed by atoms with Crippen LogP contribution in [0.1, 0.15) is 47.8 Å². The first-order valence-corrected chi connectivity index (χ1v) is 9.15. The van der Waals surface area contributed by atoms with Crippen LogP contribution in [0.5, 0.6) is 0 Å². The second-order valence-corrected chi connectivity index (χ2v) is 7.26. The van der Waals surface area contributed by atoms with Gasteiger partial charge in [0.2, 0.25) is 0 Å². The van der Waals surface area contributed by atoms with E-state index < -0.39 is 29.5 Å². The van der Waals surface area contributed by atoms with E-state index in [2.05, 4.69) is 15.3 Å². The van der Waals surface area contributed by atoms with E-state index >= 15 is 0 Å². The van der Waals surface area contributed by atoms with Crippen molar-refractivity contribution in [3.8, 4) is 0 Å². The summed E-state index contributed by atoms with van der Waals surface area (Å²) >= 11 is 12.0. The monoisotopic (exact) mass is 415 g/mol. The lowest BCUT2D eigenvalue weighted by atomic mass is 9.76. The van der Waals surface area contributed by atoms with Gasteiger partial charge in [0.1, 0.15) is 12.0 Å². The number of aromatic nitrogens is 2. The van der Waals surface area contributed by atoms with Gasteiger partial charge in [-0.25, -0.2) is 18.7 Å². The highest BCUT2D eigenvalue weighted by molar-refractivity contribution is 6.32. The van der Waals surface area contributed by atoms with Crippen LogP contribution in [0.4, 0.5) is 8.78 Å².